The Hall–Kier alpha value is -0.620. The number of aliphatic hydroxyl groups is 1. The molecular formula is C11H16ClNO3S. The zero-order chi connectivity index (χ0) is 13.1. The summed E-state index contributed by atoms with van der Waals surface area (Å²) >= 11 is 5.79. The van der Waals surface area contributed by atoms with E-state index < -0.39 is 16.1 Å². The summed E-state index contributed by atoms with van der Waals surface area (Å²) in [7, 11) is -3.63. The van der Waals surface area contributed by atoms with E-state index in [1.807, 2.05) is 0 Å². The first-order valence-electron chi connectivity index (χ1n) is 5.30. The highest BCUT2D eigenvalue weighted by Crippen LogP contribution is 2.20. The van der Waals surface area contributed by atoms with Crippen LogP contribution in [0, 0.1) is 6.92 Å². The molecule has 1 aromatic carbocycles. The van der Waals surface area contributed by atoms with E-state index in [0.29, 0.717) is 17.0 Å². The third kappa shape index (κ3) is 3.67. The maximum absolute atomic E-state index is 12.1. The molecule has 0 aliphatic rings. The lowest BCUT2D eigenvalue weighted by Crippen LogP contribution is -2.37. The molecular weight excluding hydrogens is 262 g/mol. The first-order chi connectivity index (χ1) is 7.90. The van der Waals surface area contributed by atoms with Gasteiger partial charge in [-0.3, -0.25) is 0 Å². The molecule has 0 aliphatic heterocycles. The zero-order valence-corrected chi connectivity index (χ0v) is 11.3. The van der Waals surface area contributed by atoms with E-state index in [1.54, 1.807) is 26.0 Å². The number of sulfonamides is 1. The van der Waals surface area contributed by atoms with Crippen molar-refractivity contribution in [3.05, 3.63) is 28.8 Å². The Balaban J connectivity index is 3.09. The first-order valence-corrected chi connectivity index (χ1v) is 7.16. The lowest BCUT2D eigenvalue weighted by molar-refractivity contribution is 0.254. The number of aliphatic hydroxyl groups excluding tert-OH is 1. The number of aryl methyl sites for hydroxylation is 1. The second-order valence-electron chi connectivity index (χ2n) is 3.82. The average molecular weight is 278 g/mol. The van der Waals surface area contributed by atoms with Gasteiger partial charge in [0.1, 0.15) is 0 Å². The van der Waals surface area contributed by atoms with Crippen LogP contribution in [0.1, 0.15) is 18.9 Å². The van der Waals surface area contributed by atoms with Crippen molar-refractivity contribution in [2.75, 3.05) is 6.61 Å². The highest BCUT2D eigenvalue weighted by Gasteiger charge is 2.20. The predicted molar refractivity (Wildman–Crippen MR) is 67.7 cm³/mol. The molecule has 0 aliphatic carbocycles. The van der Waals surface area contributed by atoms with Gasteiger partial charge in [0.25, 0.3) is 0 Å². The van der Waals surface area contributed by atoms with E-state index in [2.05, 4.69) is 4.72 Å². The molecule has 0 saturated heterocycles. The molecule has 1 rings (SSSR count). The van der Waals surface area contributed by atoms with Gasteiger partial charge in [0, 0.05) is 11.1 Å². The maximum Gasteiger partial charge on any atom is 0.241 e. The largest absolute Gasteiger partial charge is 0.395 e. The van der Waals surface area contributed by atoms with Crippen LogP contribution in [0.2, 0.25) is 5.02 Å². The predicted octanol–water partition coefficient (Wildman–Crippen LogP) is 1.70. The summed E-state index contributed by atoms with van der Waals surface area (Å²) in [5, 5.41) is 9.38. The number of hydrogen-bond donors (Lipinski definition) is 2. The quantitative estimate of drug-likeness (QED) is 0.861. The van der Waals surface area contributed by atoms with E-state index in [4.69, 9.17) is 16.7 Å². The Morgan fingerprint density at radius 1 is 1.47 bits per heavy atom. The van der Waals surface area contributed by atoms with Crippen LogP contribution in [-0.4, -0.2) is 26.2 Å². The van der Waals surface area contributed by atoms with Crippen molar-refractivity contribution in [3.8, 4) is 0 Å². The second kappa shape index (κ2) is 5.82. The van der Waals surface area contributed by atoms with Crippen molar-refractivity contribution < 1.29 is 13.5 Å². The summed E-state index contributed by atoms with van der Waals surface area (Å²) in [4.78, 5) is 0.150. The van der Waals surface area contributed by atoms with Gasteiger partial charge in [-0.25, -0.2) is 13.1 Å². The monoisotopic (exact) mass is 277 g/mol. The number of halogens is 1. The van der Waals surface area contributed by atoms with Crippen LogP contribution in [0.3, 0.4) is 0 Å². The van der Waals surface area contributed by atoms with Gasteiger partial charge >= 0.3 is 0 Å². The van der Waals surface area contributed by atoms with Gasteiger partial charge in [-0.15, -0.1) is 0 Å². The molecule has 0 fully saturated rings. The minimum absolute atomic E-state index is 0.150. The van der Waals surface area contributed by atoms with Crippen molar-refractivity contribution in [1.82, 2.24) is 4.72 Å². The van der Waals surface area contributed by atoms with Crippen LogP contribution < -0.4 is 4.72 Å². The van der Waals surface area contributed by atoms with Gasteiger partial charge in [0.2, 0.25) is 10.0 Å². The SMILES string of the molecule is CC[C@H](CO)NS(=O)(=O)c1cc(Cl)ccc1C. The fourth-order valence-corrected chi connectivity index (χ4v) is 3.21. The lowest BCUT2D eigenvalue weighted by atomic mass is 10.2. The summed E-state index contributed by atoms with van der Waals surface area (Å²) in [6.45, 7) is 3.27. The third-order valence-electron chi connectivity index (χ3n) is 2.47. The average Bonchev–Trinajstić information content (AvgIpc) is 2.29. The molecule has 96 valence electrons. The molecule has 0 aromatic heterocycles. The van der Waals surface area contributed by atoms with Crippen LogP contribution in [-0.2, 0) is 10.0 Å². The summed E-state index contributed by atoms with van der Waals surface area (Å²) in [5.41, 5.74) is 0.620. The molecule has 0 heterocycles. The van der Waals surface area contributed by atoms with Gasteiger partial charge in [-0.1, -0.05) is 24.6 Å². The smallest absolute Gasteiger partial charge is 0.241 e. The third-order valence-corrected chi connectivity index (χ3v) is 4.37. The lowest BCUT2D eigenvalue weighted by Gasteiger charge is -2.15. The molecule has 0 radical (unpaired) electrons. The molecule has 0 bridgehead atoms. The fourth-order valence-electron chi connectivity index (χ4n) is 1.40. The Morgan fingerprint density at radius 3 is 2.65 bits per heavy atom. The van der Waals surface area contributed by atoms with E-state index in [-0.39, 0.29) is 11.5 Å². The number of rotatable bonds is 5. The van der Waals surface area contributed by atoms with Gasteiger partial charge in [-0.2, -0.15) is 0 Å². The molecule has 1 aromatic rings. The number of nitrogens with one attached hydrogen (secondary N) is 1. The first kappa shape index (κ1) is 14.4. The van der Waals surface area contributed by atoms with Gasteiger partial charge in [0.15, 0.2) is 0 Å². The fraction of sp³-hybridized carbons (Fsp3) is 0.455. The highest BCUT2D eigenvalue weighted by molar-refractivity contribution is 7.89. The van der Waals surface area contributed by atoms with E-state index >= 15 is 0 Å². The normalized spacial score (nSPS) is 13.6. The van der Waals surface area contributed by atoms with Crippen LogP contribution in [0.5, 0.6) is 0 Å². The van der Waals surface area contributed by atoms with Crippen LogP contribution in [0.15, 0.2) is 23.1 Å². The van der Waals surface area contributed by atoms with Gasteiger partial charge in [-0.05, 0) is 31.0 Å². The van der Waals surface area contributed by atoms with Crippen molar-refractivity contribution in [3.63, 3.8) is 0 Å². The molecule has 2 N–H and O–H groups in total. The summed E-state index contributed by atoms with van der Waals surface area (Å²) in [5.74, 6) is 0. The van der Waals surface area contributed by atoms with Crippen LogP contribution >= 0.6 is 11.6 Å². The van der Waals surface area contributed by atoms with Crippen LogP contribution in [0.25, 0.3) is 0 Å². The molecule has 0 unspecified atom stereocenters. The van der Waals surface area contributed by atoms with Gasteiger partial charge in [0.05, 0.1) is 11.5 Å². The Kier molecular flexibility index (Phi) is 4.94. The highest BCUT2D eigenvalue weighted by atomic mass is 35.5. The van der Waals surface area contributed by atoms with Crippen molar-refractivity contribution in [1.29, 1.82) is 0 Å². The Bertz CT molecular complexity index is 483. The van der Waals surface area contributed by atoms with E-state index in [9.17, 15) is 8.42 Å². The van der Waals surface area contributed by atoms with Crippen molar-refractivity contribution in [2.24, 2.45) is 0 Å². The minimum atomic E-state index is -3.63. The topological polar surface area (TPSA) is 66.4 Å². The summed E-state index contributed by atoms with van der Waals surface area (Å²) < 4.78 is 26.5. The second-order valence-corrected chi connectivity index (χ2v) is 5.94. The number of hydrogen-bond acceptors (Lipinski definition) is 3. The van der Waals surface area contributed by atoms with E-state index in [1.165, 1.54) is 6.07 Å². The maximum atomic E-state index is 12.1. The van der Waals surface area contributed by atoms with Crippen molar-refractivity contribution in [2.45, 2.75) is 31.2 Å². The zero-order valence-electron chi connectivity index (χ0n) is 9.77. The summed E-state index contributed by atoms with van der Waals surface area (Å²) in [6, 6.07) is 4.22. The Labute approximate surface area is 107 Å². The number of benzene rings is 1. The molecule has 4 nitrogen and oxygen atoms in total. The minimum Gasteiger partial charge on any atom is -0.395 e. The molecule has 0 spiro atoms. The molecule has 17 heavy (non-hydrogen) atoms. The molecule has 6 heteroatoms. The van der Waals surface area contributed by atoms with Crippen LogP contribution in [0.4, 0.5) is 0 Å². The molecule has 0 amide bonds. The van der Waals surface area contributed by atoms with Gasteiger partial charge < -0.3 is 5.11 Å². The summed E-state index contributed by atoms with van der Waals surface area (Å²) in [6.07, 6.45) is 0.523. The molecule has 1 atom stereocenters. The standard InChI is InChI=1S/C11H16ClNO3S/c1-3-10(7-14)13-17(15,16)11-6-9(12)5-4-8(11)2/h4-6,10,13-14H,3,7H2,1-2H3/t10-/m1/s1. The Morgan fingerprint density at radius 2 is 2.12 bits per heavy atom. The van der Waals surface area contributed by atoms with E-state index in [0.717, 1.165) is 0 Å². The van der Waals surface area contributed by atoms with Crippen molar-refractivity contribution >= 4 is 21.6 Å². The molecule has 0 saturated carbocycles.